The topological polar surface area (TPSA) is 139 Å². The first-order valence-corrected chi connectivity index (χ1v) is 12.1. The number of hydrogen-bond acceptors (Lipinski definition) is 8. The number of ketones is 2. The largest absolute Gasteiger partial charge is 0.497 e. The van der Waals surface area contributed by atoms with E-state index in [1.807, 2.05) is 0 Å². The van der Waals surface area contributed by atoms with Crippen LogP contribution >= 0.6 is 0 Å². The van der Waals surface area contributed by atoms with Crippen molar-refractivity contribution in [1.82, 2.24) is 0 Å². The molecule has 0 amide bonds. The number of rotatable bonds is 9. The van der Waals surface area contributed by atoms with Gasteiger partial charge in [-0.15, -0.1) is 0 Å². The van der Waals surface area contributed by atoms with Crippen molar-refractivity contribution in [3.8, 4) is 11.5 Å². The van der Waals surface area contributed by atoms with E-state index in [1.165, 1.54) is 50.6 Å². The van der Waals surface area contributed by atoms with Crippen molar-refractivity contribution in [2.45, 2.75) is 24.3 Å². The van der Waals surface area contributed by atoms with E-state index < -0.39 is 45.2 Å². The van der Waals surface area contributed by atoms with E-state index in [9.17, 15) is 29.8 Å². The van der Waals surface area contributed by atoms with Gasteiger partial charge in [0.1, 0.15) is 17.3 Å². The summed E-state index contributed by atoms with van der Waals surface area (Å²) in [5, 5.41) is 24.1. The molecule has 10 heteroatoms. The molecule has 4 unspecified atom stereocenters. The first-order chi connectivity index (χ1) is 18.7. The molecule has 0 N–H and O–H groups in total. The molecule has 0 aromatic heterocycles. The van der Waals surface area contributed by atoms with E-state index in [4.69, 9.17) is 9.47 Å². The Kier molecular flexibility index (Phi) is 8.14. The fourth-order valence-corrected chi connectivity index (χ4v) is 5.12. The second kappa shape index (κ2) is 11.7. The van der Waals surface area contributed by atoms with Crippen LogP contribution in [-0.4, -0.2) is 41.7 Å². The monoisotopic (exact) mass is 530 g/mol. The Morgan fingerprint density at radius 3 is 2.08 bits per heavy atom. The Morgan fingerprint density at radius 2 is 1.51 bits per heavy atom. The molecular formula is C29H26N2O8. The number of nitro groups is 2. The minimum Gasteiger partial charge on any atom is -0.497 e. The van der Waals surface area contributed by atoms with Crippen LogP contribution < -0.4 is 9.47 Å². The quantitative estimate of drug-likeness (QED) is 0.163. The van der Waals surface area contributed by atoms with Gasteiger partial charge in [0.25, 0.3) is 5.69 Å². The SMILES string of the molecule is COc1ccc(C=CC(=O)C2C(=O)CC(c3ccc(OC)cc3)C([N+](=O)[O-])C2c2cccc([N+](=O)[O-])c2)cc1. The maximum absolute atomic E-state index is 13.6. The van der Waals surface area contributed by atoms with Gasteiger partial charge in [0.05, 0.1) is 36.9 Å². The first-order valence-electron chi connectivity index (χ1n) is 12.1. The zero-order valence-corrected chi connectivity index (χ0v) is 21.3. The summed E-state index contributed by atoms with van der Waals surface area (Å²) in [6, 6.07) is 17.5. The lowest BCUT2D eigenvalue weighted by Gasteiger charge is -2.36. The molecule has 0 heterocycles. The molecule has 0 radical (unpaired) electrons. The predicted molar refractivity (Wildman–Crippen MR) is 143 cm³/mol. The van der Waals surface area contributed by atoms with Crippen LogP contribution in [0.5, 0.6) is 11.5 Å². The lowest BCUT2D eigenvalue weighted by atomic mass is 9.64. The Morgan fingerprint density at radius 1 is 0.897 bits per heavy atom. The molecule has 39 heavy (non-hydrogen) atoms. The molecule has 3 aromatic rings. The standard InChI is InChI=1S/C29H26N2O8/c1-38-22-11-6-18(7-12-22)8-15-25(32)28-26(33)17-24(19-9-13-23(39-2)14-10-19)29(31(36)37)27(28)20-4-3-5-21(16-20)30(34)35/h3-16,24,27-29H,17H2,1-2H3. The van der Waals surface area contributed by atoms with Gasteiger partial charge < -0.3 is 9.47 Å². The lowest BCUT2D eigenvalue weighted by molar-refractivity contribution is -0.533. The maximum Gasteiger partial charge on any atom is 0.269 e. The molecule has 3 aromatic carbocycles. The van der Waals surface area contributed by atoms with E-state index in [0.29, 0.717) is 22.6 Å². The summed E-state index contributed by atoms with van der Waals surface area (Å²) >= 11 is 0. The van der Waals surface area contributed by atoms with Gasteiger partial charge in [0, 0.05) is 23.5 Å². The van der Waals surface area contributed by atoms with Gasteiger partial charge in [0.2, 0.25) is 6.04 Å². The van der Waals surface area contributed by atoms with Crippen molar-refractivity contribution in [2.24, 2.45) is 5.92 Å². The van der Waals surface area contributed by atoms with Crippen LogP contribution in [0.15, 0.2) is 78.9 Å². The molecular weight excluding hydrogens is 504 g/mol. The molecule has 1 fully saturated rings. The Bertz CT molecular complexity index is 1420. The van der Waals surface area contributed by atoms with E-state index in [0.717, 1.165) is 0 Å². The van der Waals surface area contributed by atoms with Crippen LogP contribution in [0.1, 0.15) is 34.9 Å². The van der Waals surface area contributed by atoms with E-state index >= 15 is 0 Å². The predicted octanol–water partition coefficient (Wildman–Crippen LogP) is 5.00. The van der Waals surface area contributed by atoms with Gasteiger partial charge in [-0.05, 0) is 47.0 Å². The van der Waals surface area contributed by atoms with Crippen molar-refractivity contribution in [3.63, 3.8) is 0 Å². The van der Waals surface area contributed by atoms with Gasteiger partial charge in [0.15, 0.2) is 5.78 Å². The number of nitro benzene ring substituents is 1. The number of non-ortho nitro benzene ring substituents is 1. The molecule has 10 nitrogen and oxygen atoms in total. The van der Waals surface area contributed by atoms with Crippen molar-refractivity contribution >= 4 is 23.3 Å². The van der Waals surface area contributed by atoms with Crippen LogP contribution in [0, 0.1) is 26.1 Å². The van der Waals surface area contributed by atoms with Crippen LogP contribution in [-0.2, 0) is 9.59 Å². The molecule has 4 rings (SSSR count). The summed E-state index contributed by atoms with van der Waals surface area (Å²) in [6.07, 6.45) is 2.53. The van der Waals surface area contributed by atoms with Gasteiger partial charge in [-0.25, -0.2) is 0 Å². The summed E-state index contributed by atoms with van der Waals surface area (Å²) in [6.45, 7) is 0. The van der Waals surface area contributed by atoms with Crippen LogP contribution in [0.25, 0.3) is 6.08 Å². The second-order valence-corrected chi connectivity index (χ2v) is 9.19. The Balaban J connectivity index is 1.79. The summed E-state index contributed by atoms with van der Waals surface area (Å²) in [7, 11) is 3.02. The van der Waals surface area contributed by atoms with Gasteiger partial charge in [-0.2, -0.15) is 0 Å². The van der Waals surface area contributed by atoms with Crippen molar-refractivity contribution in [1.29, 1.82) is 0 Å². The average molecular weight is 531 g/mol. The molecule has 0 bridgehead atoms. The van der Waals surface area contributed by atoms with E-state index in [1.54, 1.807) is 48.5 Å². The van der Waals surface area contributed by atoms with Crippen molar-refractivity contribution in [2.75, 3.05) is 14.2 Å². The van der Waals surface area contributed by atoms with E-state index in [2.05, 4.69) is 0 Å². The fourth-order valence-electron chi connectivity index (χ4n) is 5.12. The number of methoxy groups -OCH3 is 2. The Hall–Kier alpha value is -4.86. The molecule has 0 spiro atoms. The molecule has 4 atom stereocenters. The average Bonchev–Trinajstić information content (AvgIpc) is 2.95. The minimum absolute atomic E-state index is 0.189. The summed E-state index contributed by atoms with van der Waals surface area (Å²) in [4.78, 5) is 50.0. The zero-order valence-electron chi connectivity index (χ0n) is 21.3. The highest BCUT2D eigenvalue weighted by atomic mass is 16.6. The molecule has 0 saturated heterocycles. The third kappa shape index (κ3) is 5.85. The number of ether oxygens (including phenoxy) is 2. The van der Waals surface area contributed by atoms with Crippen molar-refractivity contribution < 1.29 is 28.9 Å². The highest BCUT2D eigenvalue weighted by Crippen LogP contribution is 2.46. The number of nitrogens with zero attached hydrogens (tertiary/aromatic N) is 2. The third-order valence-electron chi connectivity index (χ3n) is 7.02. The first kappa shape index (κ1) is 27.2. The van der Waals surface area contributed by atoms with Crippen LogP contribution in [0.3, 0.4) is 0 Å². The molecule has 0 aliphatic heterocycles. The number of benzene rings is 3. The number of Topliss-reactive ketones (excluding diaryl/α,β-unsaturated/α-hetero) is 1. The smallest absolute Gasteiger partial charge is 0.269 e. The van der Waals surface area contributed by atoms with Crippen LogP contribution in [0.2, 0.25) is 0 Å². The lowest BCUT2D eigenvalue weighted by Crippen LogP contribution is -2.48. The minimum atomic E-state index is -1.39. The Labute approximate surface area is 224 Å². The highest BCUT2D eigenvalue weighted by Gasteiger charge is 2.54. The maximum atomic E-state index is 13.6. The molecule has 1 saturated carbocycles. The molecule has 1 aliphatic rings. The number of carbonyl (C=O) groups excluding carboxylic acids is 2. The fraction of sp³-hybridized carbons (Fsp3) is 0.241. The summed E-state index contributed by atoms with van der Waals surface area (Å²) in [5.41, 5.74) is 1.12. The van der Waals surface area contributed by atoms with Crippen LogP contribution in [0.4, 0.5) is 5.69 Å². The zero-order chi connectivity index (χ0) is 28.1. The summed E-state index contributed by atoms with van der Waals surface area (Å²) in [5.74, 6) is -3.34. The van der Waals surface area contributed by atoms with Crippen molar-refractivity contribution in [3.05, 3.63) is 116 Å². The van der Waals surface area contributed by atoms with Gasteiger partial charge in [-0.1, -0.05) is 42.5 Å². The second-order valence-electron chi connectivity index (χ2n) is 9.19. The molecule has 200 valence electrons. The van der Waals surface area contributed by atoms with E-state index in [-0.39, 0.29) is 17.7 Å². The number of allylic oxidation sites excluding steroid dienone is 1. The third-order valence-corrected chi connectivity index (χ3v) is 7.02. The van der Waals surface area contributed by atoms with Gasteiger partial charge in [-0.3, -0.25) is 29.8 Å². The molecule has 1 aliphatic carbocycles. The number of hydrogen-bond donors (Lipinski definition) is 0. The number of carbonyl (C=O) groups is 2. The summed E-state index contributed by atoms with van der Waals surface area (Å²) < 4.78 is 10.3. The van der Waals surface area contributed by atoms with Gasteiger partial charge >= 0.3 is 0 Å². The normalized spacial score (nSPS) is 20.9. The highest BCUT2D eigenvalue weighted by molar-refractivity contribution is 6.10.